The summed E-state index contributed by atoms with van der Waals surface area (Å²) in [6, 6.07) is 12.3. The molecule has 2 aromatic rings. The number of rotatable bonds is 5. The Morgan fingerprint density at radius 1 is 1.16 bits per heavy atom. The molecule has 25 heavy (non-hydrogen) atoms. The SMILES string of the molecule is CC(C)(C)c1ccccc1S(=O)(=O)c1c(Br)cccc1OCC1CO1. The van der Waals surface area contributed by atoms with Gasteiger partial charge in [0.15, 0.2) is 0 Å². The summed E-state index contributed by atoms with van der Waals surface area (Å²) < 4.78 is 38.3. The zero-order valence-corrected chi connectivity index (χ0v) is 16.9. The van der Waals surface area contributed by atoms with Crippen LogP contribution in [0.3, 0.4) is 0 Å². The summed E-state index contributed by atoms with van der Waals surface area (Å²) in [6.45, 7) is 7.01. The molecule has 1 atom stereocenters. The number of benzene rings is 2. The zero-order valence-electron chi connectivity index (χ0n) is 14.5. The molecule has 134 valence electrons. The lowest BCUT2D eigenvalue weighted by atomic mass is 9.87. The normalized spacial score (nSPS) is 17.4. The fraction of sp³-hybridized carbons (Fsp3) is 0.368. The smallest absolute Gasteiger partial charge is 0.211 e. The molecule has 1 saturated heterocycles. The second kappa shape index (κ2) is 6.74. The molecule has 0 radical (unpaired) electrons. The molecule has 6 heteroatoms. The van der Waals surface area contributed by atoms with Crippen molar-refractivity contribution in [1.82, 2.24) is 0 Å². The van der Waals surface area contributed by atoms with Gasteiger partial charge in [-0.2, -0.15) is 0 Å². The van der Waals surface area contributed by atoms with Crippen molar-refractivity contribution in [3.05, 3.63) is 52.5 Å². The van der Waals surface area contributed by atoms with E-state index in [9.17, 15) is 8.42 Å². The molecule has 0 aliphatic carbocycles. The predicted molar refractivity (Wildman–Crippen MR) is 100.0 cm³/mol. The van der Waals surface area contributed by atoms with Gasteiger partial charge < -0.3 is 9.47 Å². The quantitative estimate of drug-likeness (QED) is 0.669. The van der Waals surface area contributed by atoms with Crippen molar-refractivity contribution in [2.45, 2.75) is 42.1 Å². The minimum atomic E-state index is -3.75. The van der Waals surface area contributed by atoms with Gasteiger partial charge in [0.25, 0.3) is 0 Å². The van der Waals surface area contributed by atoms with Crippen LogP contribution >= 0.6 is 15.9 Å². The van der Waals surface area contributed by atoms with Crippen LogP contribution in [0.25, 0.3) is 0 Å². The van der Waals surface area contributed by atoms with E-state index in [4.69, 9.17) is 9.47 Å². The van der Waals surface area contributed by atoms with Crippen LogP contribution < -0.4 is 4.74 Å². The van der Waals surface area contributed by atoms with Crippen LogP contribution in [0.1, 0.15) is 26.3 Å². The molecule has 0 spiro atoms. The van der Waals surface area contributed by atoms with Crippen LogP contribution in [0.2, 0.25) is 0 Å². The van der Waals surface area contributed by atoms with Crippen molar-refractivity contribution in [1.29, 1.82) is 0 Å². The summed E-state index contributed by atoms with van der Waals surface area (Å²) >= 11 is 3.39. The largest absolute Gasteiger partial charge is 0.489 e. The molecule has 0 amide bonds. The fourth-order valence-electron chi connectivity index (χ4n) is 2.64. The second-order valence-corrected chi connectivity index (χ2v) is 9.79. The molecule has 1 aliphatic rings. The van der Waals surface area contributed by atoms with E-state index in [1.807, 2.05) is 32.9 Å². The van der Waals surface area contributed by atoms with Crippen molar-refractivity contribution >= 4 is 25.8 Å². The number of epoxide rings is 1. The van der Waals surface area contributed by atoms with Crippen molar-refractivity contribution in [2.24, 2.45) is 0 Å². The maximum absolute atomic E-state index is 13.5. The molecule has 0 aromatic heterocycles. The van der Waals surface area contributed by atoms with Gasteiger partial charge in [-0.15, -0.1) is 0 Å². The number of ether oxygens (including phenoxy) is 2. The van der Waals surface area contributed by atoms with Gasteiger partial charge in [-0.1, -0.05) is 45.0 Å². The summed E-state index contributed by atoms with van der Waals surface area (Å²) in [4.78, 5) is 0.467. The minimum Gasteiger partial charge on any atom is -0.489 e. The molecular formula is C19H21BrO4S. The highest BCUT2D eigenvalue weighted by Gasteiger charge is 2.31. The lowest BCUT2D eigenvalue weighted by Crippen LogP contribution is -2.18. The molecule has 3 rings (SSSR count). The summed E-state index contributed by atoms with van der Waals surface area (Å²) in [7, 11) is -3.75. The molecule has 0 bridgehead atoms. The van der Waals surface area contributed by atoms with E-state index in [-0.39, 0.29) is 16.4 Å². The molecule has 2 aromatic carbocycles. The molecule has 1 fully saturated rings. The Labute approximate surface area is 157 Å². The monoisotopic (exact) mass is 424 g/mol. The van der Waals surface area contributed by atoms with Crippen molar-refractivity contribution in [2.75, 3.05) is 13.2 Å². The van der Waals surface area contributed by atoms with Gasteiger partial charge in [0.1, 0.15) is 23.4 Å². The first-order chi connectivity index (χ1) is 11.7. The highest BCUT2D eigenvalue weighted by Crippen LogP contribution is 2.39. The first-order valence-corrected chi connectivity index (χ1v) is 10.4. The summed E-state index contributed by atoms with van der Waals surface area (Å²) in [5, 5.41) is 0. The molecule has 1 heterocycles. The Bertz CT molecular complexity index is 881. The molecule has 4 nitrogen and oxygen atoms in total. The lowest BCUT2D eigenvalue weighted by molar-refractivity contribution is 0.257. The Kier molecular flexibility index (Phi) is 4.97. The number of hydrogen-bond donors (Lipinski definition) is 0. The summed E-state index contributed by atoms with van der Waals surface area (Å²) in [5.74, 6) is 0.341. The summed E-state index contributed by atoms with van der Waals surface area (Å²) in [6.07, 6.45) is 0.0522. The van der Waals surface area contributed by atoms with E-state index in [2.05, 4.69) is 15.9 Å². The highest BCUT2D eigenvalue weighted by atomic mass is 79.9. The average molecular weight is 425 g/mol. The Hall–Kier alpha value is -1.37. The molecular weight excluding hydrogens is 404 g/mol. The Morgan fingerprint density at radius 2 is 1.84 bits per heavy atom. The third kappa shape index (κ3) is 3.91. The van der Waals surface area contributed by atoms with Gasteiger partial charge in [0.05, 0.1) is 11.5 Å². The molecule has 1 unspecified atom stereocenters. The molecule has 1 aliphatic heterocycles. The first kappa shape index (κ1) is 18.4. The Morgan fingerprint density at radius 3 is 2.48 bits per heavy atom. The second-order valence-electron chi connectivity index (χ2n) is 7.08. The van der Waals surface area contributed by atoms with Gasteiger partial charge in [-0.3, -0.25) is 0 Å². The van der Waals surface area contributed by atoms with Crippen molar-refractivity contribution in [3.63, 3.8) is 0 Å². The van der Waals surface area contributed by atoms with Gasteiger partial charge in [-0.05, 0) is 45.1 Å². The van der Waals surface area contributed by atoms with E-state index in [0.717, 1.165) is 5.56 Å². The standard InChI is InChI=1S/C19H21BrO4S/c1-19(2,3)14-7-4-5-10-17(14)25(21,22)18-15(20)8-6-9-16(18)24-12-13-11-23-13/h4-10,13H,11-12H2,1-3H3. The lowest BCUT2D eigenvalue weighted by Gasteiger charge is -2.23. The number of sulfone groups is 1. The third-order valence-electron chi connectivity index (χ3n) is 4.01. The van der Waals surface area contributed by atoms with Crippen LogP contribution in [-0.4, -0.2) is 27.7 Å². The first-order valence-electron chi connectivity index (χ1n) is 8.09. The Balaban J connectivity index is 2.12. The minimum absolute atomic E-state index is 0.0522. The fourth-order valence-corrected chi connectivity index (χ4v) is 5.49. The van der Waals surface area contributed by atoms with E-state index in [1.165, 1.54) is 0 Å². The van der Waals surface area contributed by atoms with Gasteiger partial charge in [0, 0.05) is 4.47 Å². The van der Waals surface area contributed by atoms with Crippen LogP contribution in [0.5, 0.6) is 5.75 Å². The predicted octanol–water partition coefficient (Wildman–Crippen LogP) is 4.36. The molecule has 0 N–H and O–H groups in total. The van der Waals surface area contributed by atoms with E-state index < -0.39 is 9.84 Å². The average Bonchev–Trinajstić information content (AvgIpc) is 3.36. The van der Waals surface area contributed by atoms with Gasteiger partial charge in [-0.25, -0.2) is 8.42 Å². The summed E-state index contributed by atoms with van der Waals surface area (Å²) in [5.41, 5.74) is 0.482. The van der Waals surface area contributed by atoms with Gasteiger partial charge in [0.2, 0.25) is 9.84 Å². The van der Waals surface area contributed by atoms with Crippen LogP contribution in [0.4, 0.5) is 0 Å². The van der Waals surface area contributed by atoms with E-state index in [0.29, 0.717) is 28.3 Å². The van der Waals surface area contributed by atoms with E-state index >= 15 is 0 Å². The zero-order chi connectivity index (χ0) is 18.2. The number of hydrogen-bond acceptors (Lipinski definition) is 4. The number of halogens is 1. The third-order valence-corrected chi connectivity index (χ3v) is 6.83. The van der Waals surface area contributed by atoms with Crippen LogP contribution in [0.15, 0.2) is 56.7 Å². The highest BCUT2D eigenvalue weighted by molar-refractivity contribution is 9.10. The maximum Gasteiger partial charge on any atom is 0.211 e. The van der Waals surface area contributed by atoms with Crippen LogP contribution in [-0.2, 0) is 20.0 Å². The maximum atomic E-state index is 13.5. The van der Waals surface area contributed by atoms with Crippen molar-refractivity contribution in [3.8, 4) is 5.75 Å². The van der Waals surface area contributed by atoms with Crippen LogP contribution in [0, 0.1) is 0 Å². The van der Waals surface area contributed by atoms with E-state index in [1.54, 1.807) is 30.3 Å². The van der Waals surface area contributed by atoms with Gasteiger partial charge >= 0.3 is 0 Å². The van der Waals surface area contributed by atoms with Crippen molar-refractivity contribution < 1.29 is 17.9 Å². The topological polar surface area (TPSA) is 55.9 Å². The molecule has 0 saturated carbocycles.